The van der Waals surface area contributed by atoms with E-state index in [0.717, 1.165) is 30.8 Å². The molecule has 5 heteroatoms. The molecule has 1 aromatic carbocycles. The molecule has 1 amide bonds. The molecule has 0 aromatic heterocycles. The van der Waals surface area contributed by atoms with Crippen molar-refractivity contribution in [3.05, 3.63) is 28.8 Å². The van der Waals surface area contributed by atoms with E-state index in [-0.39, 0.29) is 5.91 Å². The van der Waals surface area contributed by atoms with Crippen molar-refractivity contribution in [2.75, 3.05) is 32.1 Å². The summed E-state index contributed by atoms with van der Waals surface area (Å²) in [5, 5.41) is 6.47. The van der Waals surface area contributed by atoms with Crippen LogP contribution < -0.4 is 15.5 Å². The second-order valence-corrected chi connectivity index (χ2v) is 4.78. The third-order valence-corrected chi connectivity index (χ3v) is 3.17. The Bertz CT molecular complexity index is 423. The fraction of sp³-hybridized carbons (Fsp3) is 0.500. The first-order chi connectivity index (χ1) is 9.13. The minimum atomic E-state index is -0.0104. The molecule has 0 heterocycles. The molecule has 0 aliphatic heterocycles. The van der Waals surface area contributed by atoms with Crippen molar-refractivity contribution < 1.29 is 4.79 Å². The summed E-state index contributed by atoms with van der Waals surface area (Å²) >= 11 is 6.32. The monoisotopic (exact) mass is 283 g/mol. The lowest BCUT2D eigenvalue weighted by Crippen LogP contribution is -2.37. The van der Waals surface area contributed by atoms with Gasteiger partial charge in [0.05, 0.1) is 17.3 Å². The number of halogens is 1. The maximum atomic E-state index is 11.6. The second kappa shape index (κ2) is 8.02. The smallest absolute Gasteiger partial charge is 0.239 e. The summed E-state index contributed by atoms with van der Waals surface area (Å²) in [5.41, 5.74) is 2.05. The van der Waals surface area contributed by atoms with Gasteiger partial charge in [-0.1, -0.05) is 30.7 Å². The van der Waals surface area contributed by atoms with E-state index in [0.29, 0.717) is 11.6 Å². The van der Waals surface area contributed by atoms with Crippen LogP contribution in [-0.4, -0.2) is 33.1 Å². The van der Waals surface area contributed by atoms with E-state index < -0.39 is 0 Å². The maximum Gasteiger partial charge on any atom is 0.239 e. The SMILES string of the molecule is CCCN(CC(=O)NC)c1c(Cl)cccc1CNC. The molecule has 0 radical (unpaired) electrons. The molecule has 4 nitrogen and oxygen atoms in total. The average molecular weight is 284 g/mol. The molecule has 0 atom stereocenters. The number of nitrogens with one attached hydrogen (secondary N) is 2. The van der Waals surface area contributed by atoms with Crippen LogP contribution in [0.25, 0.3) is 0 Å². The number of para-hydroxylation sites is 1. The van der Waals surface area contributed by atoms with Gasteiger partial charge in [0.25, 0.3) is 0 Å². The van der Waals surface area contributed by atoms with Crippen molar-refractivity contribution in [2.24, 2.45) is 0 Å². The van der Waals surface area contributed by atoms with E-state index in [9.17, 15) is 4.79 Å². The molecule has 0 saturated carbocycles. The predicted molar refractivity (Wildman–Crippen MR) is 80.8 cm³/mol. The Morgan fingerprint density at radius 1 is 1.37 bits per heavy atom. The number of carbonyl (C=O) groups excluding carboxylic acids is 1. The highest BCUT2D eigenvalue weighted by molar-refractivity contribution is 6.33. The molecule has 1 aromatic rings. The molecule has 0 aliphatic carbocycles. The van der Waals surface area contributed by atoms with Crippen LogP contribution >= 0.6 is 11.6 Å². The van der Waals surface area contributed by atoms with Crippen LogP contribution in [0.1, 0.15) is 18.9 Å². The topological polar surface area (TPSA) is 44.4 Å². The lowest BCUT2D eigenvalue weighted by molar-refractivity contribution is -0.119. The van der Waals surface area contributed by atoms with Crippen LogP contribution in [0.5, 0.6) is 0 Å². The zero-order valence-corrected chi connectivity index (χ0v) is 12.5. The normalized spacial score (nSPS) is 10.3. The Morgan fingerprint density at radius 2 is 2.11 bits per heavy atom. The first kappa shape index (κ1) is 15.8. The van der Waals surface area contributed by atoms with Crippen LogP contribution in [-0.2, 0) is 11.3 Å². The summed E-state index contributed by atoms with van der Waals surface area (Å²) in [4.78, 5) is 13.7. The van der Waals surface area contributed by atoms with Gasteiger partial charge in [-0.05, 0) is 25.1 Å². The zero-order valence-electron chi connectivity index (χ0n) is 11.8. The molecule has 106 valence electrons. The number of hydrogen-bond donors (Lipinski definition) is 2. The molecular formula is C14H22ClN3O. The van der Waals surface area contributed by atoms with Gasteiger partial charge in [0.15, 0.2) is 0 Å². The van der Waals surface area contributed by atoms with Gasteiger partial charge in [-0.25, -0.2) is 0 Å². The number of amides is 1. The van der Waals surface area contributed by atoms with Crippen LogP contribution in [0.15, 0.2) is 18.2 Å². The van der Waals surface area contributed by atoms with Gasteiger partial charge in [0.1, 0.15) is 0 Å². The highest BCUT2D eigenvalue weighted by atomic mass is 35.5. The molecule has 19 heavy (non-hydrogen) atoms. The quantitative estimate of drug-likeness (QED) is 0.805. The number of benzene rings is 1. The van der Waals surface area contributed by atoms with Crippen molar-refractivity contribution >= 4 is 23.2 Å². The van der Waals surface area contributed by atoms with E-state index in [2.05, 4.69) is 17.6 Å². The molecular weight excluding hydrogens is 262 g/mol. The van der Waals surface area contributed by atoms with Crippen LogP contribution in [0.4, 0.5) is 5.69 Å². The van der Waals surface area contributed by atoms with Gasteiger partial charge < -0.3 is 15.5 Å². The number of hydrogen-bond acceptors (Lipinski definition) is 3. The summed E-state index contributed by atoms with van der Waals surface area (Å²) in [5.74, 6) is -0.0104. The Balaban J connectivity index is 3.09. The molecule has 1 rings (SSSR count). The van der Waals surface area contributed by atoms with E-state index in [1.54, 1.807) is 7.05 Å². The molecule has 0 spiro atoms. The second-order valence-electron chi connectivity index (χ2n) is 4.37. The van der Waals surface area contributed by atoms with Gasteiger partial charge >= 0.3 is 0 Å². The fourth-order valence-corrected chi connectivity index (χ4v) is 2.35. The van der Waals surface area contributed by atoms with Gasteiger partial charge in [-0.3, -0.25) is 4.79 Å². The lowest BCUT2D eigenvalue weighted by atomic mass is 10.1. The zero-order chi connectivity index (χ0) is 14.3. The van der Waals surface area contributed by atoms with Crippen molar-refractivity contribution in [2.45, 2.75) is 19.9 Å². The number of carbonyl (C=O) groups is 1. The summed E-state index contributed by atoms with van der Waals surface area (Å²) in [7, 11) is 3.54. The van der Waals surface area contributed by atoms with Crippen molar-refractivity contribution in [1.29, 1.82) is 0 Å². The fourth-order valence-electron chi connectivity index (χ4n) is 2.04. The molecule has 0 aliphatic rings. The van der Waals surface area contributed by atoms with E-state index in [4.69, 9.17) is 11.6 Å². The molecule has 0 unspecified atom stereocenters. The van der Waals surface area contributed by atoms with Crippen molar-refractivity contribution in [3.8, 4) is 0 Å². The standard InChI is InChI=1S/C14H22ClN3O/c1-4-8-18(10-13(19)17-3)14-11(9-16-2)6-5-7-12(14)15/h5-7,16H,4,8-10H2,1-3H3,(H,17,19). The minimum Gasteiger partial charge on any atom is -0.361 e. The molecule has 0 saturated heterocycles. The highest BCUT2D eigenvalue weighted by Crippen LogP contribution is 2.30. The third-order valence-electron chi connectivity index (χ3n) is 2.86. The molecule has 0 fully saturated rings. The number of nitrogens with zero attached hydrogens (tertiary/aromatic N) is 1. The van der Waals surface area contributed by atoms with Crippen molar-refractivity contribution in [3.63, 3.8) is 0 Å². The third kappa shape index (κ3) is 4.40. The van der Waals surface area contributed by atoms with Crippen LogP contribution in [0.3, 0.4) is 0 Å². The van der Waals surface area contributed by atoms with Crippen LogP contribution in [0.2, 0.25) is 5.02 Å². The predicted octanol–water partition coefficient (Wildman–Crippen LogP) is 2.02. The molecule has 0 bridgehead atoms. The Kier molecular flexibility index (Phi) is 6.67. The van der Waals surface area contributed by atoms with Gasteiger partial charge in [-0.15, -0.1) is 0 Å². The summed E-state index contributed by atoms with van der Waals surface area (Å²) in [6.07, 6.45) is 0.960. The largest absolute Gasteiger partial charge is 0.361 e. The molecule has 2 N–H and O–H groups in total. The van der Waals surface area contributed by atoms with Crippen LogP contribution in [0, 0.1) is 0 Å². The van der Waals surface area contributed by atoms with Crippen molar-refractivity contribution in [1.82, 2.24) is 10.6 Å². The Hall–Kier alpha value is -1.26. The maximum absolute atomic E-state index is 11.6. The Morgan fingerprint density at radius 3 is 2.68 bits per heavy atom. The highest BCUT2D eigenvalue weighted by Gasteiger charge is 2.16. The van der Waals surface area contributed by atoms with Gasteiger partial charge in [0.2, 0.25) is 5.91 Å². The Labute approximate surface area is 120 Å². The summed E-state index contributed by atoms with van der Waals surface area (Å²) in [6, 6.07) is 5.83. The summed E-state index contributed by atoms with van der Waals surface area (Å²) < 4.78 is 0. The number of rotatable bonds is 7. The average Bonchev–Trinajstić information content (AvgIpc) is 2.39. The summed E-state index contributed by atoms with van der Waals surface area (Å²) in [6.45, 7) is 3.94. The number of likely N-dealkylation sites (N-methyl/N-ethyl adjacent to an activating group) is 1. The van der Waals surface area contributed by atoms with E-state index in [1.165, 1.54) is 0 Å². The van der Waals surface area contributed by atoms with Gasteiger partial charge in [-0.2, -0.15) is 0 Å². The first-order valence-corrected chi connectivity index (χ1v) is 6.89. The minimum absolute atomic E-state index is 0.0104. The number of anilines is 1. The lowest BCUT2D eigenvalue weighted by Gasteiger charge is -2.27. The van der Waals surface area contributed by atoms with E-state index >= 15 is 0 Å². The van der Waals surface area contributed by atoms with E-state index in [1.807, 2.05) is 30.1 Å². The van der Waals surface area contributed by atoms with Gasteiger partial charge in [0, 0.05) is 20.1 Å². The first-order valence-electron chi connectivity index (χ1n) is 6.51.